The van der Waals surface area contributed by atoms with Gasteiger partial charge in [0.2, 0.25) is 0 Å². The maximum absolute atomic E-state index is 10.7. The van der Waals surface area contributed by atoms with E-state index in [9.17, 15) is 10.1 Å². The molecule has 1 heterocycles. The summed E-state index contributed by atoms with van der Waals surface area (Å²) in [4.78, 5) is 13.1. The minimum atomic E-state index is -0.370. The molecule has 0 bridgehead atoms. The van der Waals surface area contributed by atoms with Crippen LogP contribution in [-0.2, 0) is 19.4 Å². The van der Waals surface area contributed by atoms with Crippen LogP contribution in [0.1, 0.15) is 21.7 Å². The van der Waals surface area contributed by atoms with Crippen LogP contribution in [0.15, 0.2) is 30.3 Å². The van der Waals surface area contributed by atoms with Gasteiger partial charge in [-0.2, -0.15) is 0 Å². The second-order valence-electron chi connectivity index (χ2n) is 4.68. The molecule has 1 aliphatic rings. The highest BCUT2D eigenvalue weighted by atomic mass is 32.1. The standard InChI is InChI=1S/C14H14N2O2S/c17-16(18)12-5-2-4-11(8-12)15-9-13-7-10-3-1-6-14(10)19-13/h2,4-5,7-8,15H,1,3,6,9H2. The molecule has 0 fully saturated rings. The first-order valence-corrected chi connectivity index (χ1v) is 7.13. The van der Waals surface area contributed by atoms with E-state index in [1.54, 1.807) is 12.1 Å². The molecular weight excluding hydrogens is 260 g/mol. The summed E-state index contributed by atoms with van der Waals surface area (Å²) in [6.45, 7) is 0.735. The van der Waals surface area contributed by atoms with Crippen molar-refractivity contribution >= 4 is 22.7 Å². The van der Waals surface area contributed by atoms with E-state index < -0.39 is 0 Å². The van der Waals surface area contributed by atoms with Crippen LogP contribution in [0.4, 0.5) is 11.4 Å². The minimum absolute atomic E-state index is 0.124. The van der Waals surface area contributed by atoms with Gasteiger partial charge in [0.25, 0.3) is 5.69 Å². The summed E-state index contributed by atoms with van der Waals surface area (Å²) in [5, 5.41) is 14.0. The van der Waals surface area contributed by atoms with E-state index in [1.807, 2.05) is 17.4 Å². The Morgan fingerprint density at radius 2 is 2.21 bits per heavy atom. The third-order valence-corrected chi connectivity index (χ3v) is 4.56. The van der Waals surface area contributed by atoms with Gasteiger partial charge < -0.3 is 5.32 Å². The Labute approximate surface area is 115 Å². The summed E-state index contributed by atoms with van der Waals surface area (Å²) in [5.41, 5.74) is 2.40. The first kappa shape index (κ1) is 12.2. The van der Waals surface area contributed by atoms with E-state index in [1.165, 1.54) is 40.6 Å². The number of hydrogen-bond donors (Lipinski definition) is 1. The van der Waals surface area contributed by atoms with Gasteiger partial charge in [-0.05, 0) is 37.0 Å². The highest BCUT2D eigenvalue weighted by Gasteiger charge is 2.14. The van der Waals surface area contributed by atoms with Gasteiger partial charge in [-0.1, -0.05) is 6.07 Å². The summed E-state index contributed by atoms with van der Waals surface area (Å²) < 4.78 is 0. The zero-order valence-electron chi connectivity index (χ0n) is 10.4. The van der Waals surface area contributed by atoms with Crippen LogP contribution in [0.3, 0.4) is 0 Å². The number of hydrogen-bond acceptors (Lipinski definition) is 4. The molecule has 1 aliphatic carbocycles. The Morgan fingerprint density at radius 1 is 1.32 bits per heavy atom. The number of non-ortho nitro benzene ring substituents is 1. The normalized spacial score (nSPS) is 13.3. The lowest BCUT2D eigenvalue weighted by atomic mass is 10.2. The molecule has 5 heteroatoms. The molecule has 0 atom stereocenters. The lowest BCUT2D eigenvalue weighted by molar-refractivity contribution is -0.384. The molecule has 3 rings (SSSR count). The number of fused-ring (bicyclic) bond motifs is 1. The molecule has 1 aromatic heterocycles. The predicted molar refractivity (Wildman–Crippen MR) is 76.8 cm³/mol. The summed E-state index contributed by atoms with van der Waals surface area (Å²) in [6.07, 6.45) is 3.68. The molecule has 1 aromatic carbocycles. The number of anilines is 1. The first-order chi connectivity index (χ1) is 9.22. The largest absolute Gasteiger partial charge is 0.380 e. The lowest BCUT2D eigenvalue weighted by Gasteiger charge is -2.04. The van der Waals surface area contributed by atoms with Crippen molar-refractivity contribution in [2.45, 2.75) is 25.8 Å². The van der Waals surface area contributed by atoms with Crippen molar-refractivity contribution in [2.75, 3.05) is 5.32 Å². The van der Waals surface area contributed by atoms with Crippen molar-refractivity contribution in [1.29, 1.82) is 0 Å². The van der Waals surface area contributed by atoms with Crippen LogP contribution < -0.4 is 5.32 Å². The molecule has 2 aromatic rings. The number of nitrogens with zero attached hydrogens (tertiary/aromatic N) is 1. The Hall–Kier alpha value is -1.88. The lowest BCUT2D eigenvalue weighted by Crippen LogP contribution is -1.98. The van der Waals surface area contributed by atoms with Gasteiger partial charge in [-0.15, -0.1) is 11.3 Å². The molecule has 0 radical (unpaired) electrons. The third kappa shape index (κ3) is 2.61. The Kier molecular flexibility index (Phi) is 3.21. The molecule has 0 spiro atoms. The number of rotatable bonds is 4. The van der Waals surface area contributed by atoms with Crippen molar-refractivity contribution in [3.63, 3.8) is 0 Å². The second-order valence-corrected chi connectivity index (χ2v) is 5.90. The quantitative estimate of drug-likeness (QED) is 0.682. The maximum atomic E-state index is 10.7. The van der Waals surface area contributed by atoms with Gasteiger partial charge in [-0.3, -0.25) is 10.1 Å². The molecular formula is C14H14N2O2S. The summed E-state index contributed by atoms with van der Waals surface area (Å²) in [6, 6.07) is 8.90. The number of nitro benzene ring substituents is 1. The number of benzene rings is 1. The highest BCUT2D eigenvalue weighted by molar-refractivity contribution is 7.12. The van der Waals surface area contributed by atoms with E-state index in [4.69, 9.17) is 0 Å². The van der Waals surface area contributed by atoms with E-state index in [0.29, 0.717) is 0 Å². The number of thiophene rings is 1. The van der Waals surface area contributed by atoms with Gasteiger partial charge in [0.15, 0.2) is 0 Å². The molecule has 0 aliphatic heterocycles. The minimum Gasteiger partial charge on any atom is -0.380 e. The summed E-state index contributed by atoms with van der Waals surface area (Å²) in [7, 11) is 0. The topological polar surface area (TPSA) is 55.2 Å². The predicted octanol–water partition coefficient (Wildman–Crippen LogP) is 3.76. The molecule has 0 unspecified atom stereocenters. The number of nitrogens with one attached hydrogen (secondary N) is 1. The molecule has 98 valence electrons. The van der Waals surface area contributed by atoms with Crippen LogP contribution in [0.25, 0.3) is 0 Å². The van der Waals surface area contributed by atoms with Gasteiger partial charge in [0.1, 0.15) is 0 Å². The molecule has 1 N–H and O–H groups in total. The Balaban J connectivity index is 1.68. The molecule has 19 heavy (non-hydrogen) atoms. The Morgan fingerprint density at radius 3 is 3.00 bits per heavy atom. The van der Waals surface area contributed by atoms with E-state index in [-0.39, 0.29) is 10.6 Å². The van der Waals surface area contributed by atoms with Gasteiger partial charge >= 0.3 is 0 Å². The van der Waals surface area contributed by atoms with Crippen molar-refractivity contribution < 1.29 is 4.92 Å². The van der Waals surface area contributed by atoms with Crippen molar-refractivity contribution in [2.24, 2.45) is 0 Å². The average molecular weight is 274 g/mol. The fourth-order valence-corrected chi connectivity index (χ4v) is 3.60. The zero-order chi connectivity index (χ0) is 13.2. The van der Waals surface area contributed by atoms with Gasteiger partial charge in [0.05, 0.1) is 4.92 Å². The fourth-order valence-electron chi connectivity index (χ4n) is 2.40. The van der Waals surface area contributed by atoms with Gasteiger partial charge in [0, 0.05) is 34.1 Å². The van der Waals surface area contributed by atoms with Gasteiger partial charge in [-0.25, -0.2) is 0 Å². The smallest absolute Gasteiger partial charge is 0.271 e. The SMILES string of the molecule is O=[N+]([O-])c1cccc(NCc2cc3c(s2)CCC3)c1. The first-order valence-electron chi connectivity index (χ1n) is 6.31. The molecule has 4 nitrogen and oxygen atoms in total. The average Bonchev–Trinajstić information content (AvgIpc) is 2.97. The number of nitro groups is 1. The van der Waals surface area contributed by atoms with Crippen molar-refractivity contribution in [3.8, 4) is 0 Å². The maximum Gasteiger partial charge on any atom is 0.271 e. The van der Waals surface area contributed by atoms with E-state index >= 15 is 0 Å². The van der Waals surface area contributed by atoms with Crippen LogP contribution in [0.2, 0.25) is 0 Å². The molecule has 0 saturated heterocycles. The fraction of sp³-hybridized carbons (Fsp3) is 0.286. The van der Waals surface area contributed by atoms with Crippen LogP contribution in [0.5, 0.6) is 0 Å². The van der Waals surface area contributed by atoms with Crippen LogP contribution in [-0.4, -0.2) is 4.92 Å². The van der Waals surface area contributed by atoms with E-state index in [0.717, 1.165) is 12.2 Å². The third-order valence-electron chi connectivity index (χ3n) is 3.32. The zero-order valence-corrected chi connectivity index (χ0v) is 11.2. The second kappa shape index (κ2) is 5.01. The van der Waals surface area contributed by atoms with E-state index in [2.05, 4.69) is 11.4 Å². The monoisotopic (exact) mass is 274 g/mol. The van der Waals surface area contributed by atoms with Crippen LogP contribution in [0, 0.1) is 10.1 Å². The van der Waals surface area contributed by atoms with Crippen molar-refractivity contribution in [1.82, 2.24) is 0 Å². The summed E-state index contributed by atoms with van der Waals surface area (Å²) >= 11 is 1.86. The Bertz CT molecular complexity index is 600. The molecule has 0 saturated carbocycles. The molecule has 0 amide bonds. The summed E-state index contributed by atoms with van der Waals surface area (Å²) in [5.74, 6) is 0. The number of aryl methyl sites for hydroxylation is 2. The van der Waals surface area contributed by atoms with Crippen molar-refractivity contribution in [3.05, 3.63) is 55.8 Å². The highest BCUT2D eigenvalue weighted by Crippen LogP contribution is 2.31. The van der Waals surface area contributed by atoms with Crippen LogP contribution >= 0.6 is 11.3 Å².